The van der Waals surface area contributed by atoms with Crippen molar-refractivity contribution in [3.05, 3.63) is 45.6 Å². The van der Waals surface area contributed by atoms with Crippen molar-refractivity contribution in [2.24, 2.45) is 0 Å². The maximum Gasteiger partial charge on any atom is 0.242 e. The van der Waals surface area contributed by atoms with Crippen LogP contribution in [0.25, 0.3) is 0 Å². The molecule has 0 aliphatic heterocycles. The van der Waals surface area contributed by atoms with Crippen LogP contribution in [0.5, 0.6) is 11.5 Å². The summed E-state index contributed by atoms with van der Waals surface area (Å²) in [7, 11) is 3.24. The van der Waals surface area contributed by atoms with Gasteiger partial charge in [-0.2, -0.15) is 0 Å². The summed E-state index contributed by atoms with van der Waals surface area (Å²) in [4.78, 5) is 32.8. The van der Waals surface area contributed by atoms with Crippen molar-refractivity contribution in [2.75, 3.05) is 47.1 Å². The number of hydrogen-bond acceptors (Lipinski definition) is 6. The molecule has 0 aliphatic rings. The van der Waals surface area contributed by atoms with Gasteiger partial charge in [0.2, 0.25) is 11.8 Å². The van der Waals surface area contributed by atoms with Crippen LogP contribution in [0.4, 0.5) is 0 Å². The van der Waals surface area contributed by atoms with Gasteiger partial charge in [0.1, 0.15) is 0 Å². The molecule has 0 radical (unpaired) electrons. The van der Waals surface area contributed by atoms with E-state index in [1.54, 1.807) is 30.5 Å². The summed E-state index contributed by atoms with van der Waals surface area (Å²) < 4.78 is 16.3. The van der Waals surface area contributed by atoms with Gasteiger partial charge in [0.15, 0.2) is 11.5 Å². The summed E-state index contributed by atoms with van der Waals surface area (Å²) in [6.07, 6.45) is 7.32. The highest BCUT2D eigenvalue weighted by atomic mass is 32.1. The minimum atomic E-state index is -0.0303. The SMILES string of the molecule is CCCCCCCC(=O)N(CCCOCC)CC(=O)N(CCc1ccc(OC)c(OC)c1)Cc1ccc(C)s1. The van der Waals surface area contributed by atoms with Crippen LogP contribution >= 0.6 is 11.3 Å². The third-order valence-corrected chi connectivity index (χ3v) is 7.69. The molecule has 0 fully saturated rings. The van der Waals surface area contributed by atoms with Crippen molar-refractivity contribution in [1.82, 2.24) is 9.80 Å². The van der Waals surface area contributed by atoms with Gasteiger partial charge in [-0.15, -0.1) is 11.3 Å². The number of thiophene rings is 1. The largest absolute Gasteiger partial charge is 0.493 e. The zero-order valence-corrected chi connectivity index (χ0v) is 25.4. The lowest BCUT2D eigenvalue weighted by Crippen LogP contribution is -2.43. The van der Waals surface area contributed by atoms with E-state index in [1.165, 1.54) is 17.7 Å². The Balaban J connectivity index is 2.12. The van der Waals surface area contributed by atoms with Gasteiger partial charge in [-0.3, -0.25) is 9.59 Å². The van der Waals surface area contributed by atoms with Gasteiger partial charge in [-0.25, -0.2) is 0 Å². The zero-order chi connectivity index (χ0) is 28.5. The number of unbranched alkanes of at least 4 members (excludes halogenated alkanes) is 4. The average molecular weight is 561 g/mol. The minimum Gasteiger partial charge on any atom is -0.493 e. The quantitative estimate of drug-likeness (QED) is 0.179. The second-order valence-corrected chi connectivity index (χ2v) is 11.2. The summed E-state index contributed by atoms with van der Waals surface area (Å²) in [5.74, 6) is 1.38. The van der Waals surface area contributed by atoms with Crippen LogP contribution in [-0.4, -0.2) is 68.7 Å². The van der Waals surface area contributed by atoms with Crippen molar-refractivity contribution in [3.63, 3.8) is 0 Å². The number of aryl methyl sites for hydroxylation is 1. The van der Waals surface area contributed by atoms with E-state index < -0.39 is 0 Å². The smallest absolute Gasteiger partial charge is 0.242 e. The third kappa shape index (κ3) is 12.0. The number of methoxy groups -OCH3 is 2. The molecule has 0 N–H and O–H groups in total. The molecular formula is C31H48N2O5S. The van der Waals surface area contributed by atoms with Gasteiger partial charge in [-0.05, 0) is 62.9 Å². The van der Waals surface area contributed by atoms with Crippen molar-refractivity contribution in [2.45, 2.75) is 78.7 Å². The number of carbonyl (C=O) groups excluding carboxylic acids is 2. The van der Waals surface area contributed by atoms with Crippen LogP contribution in [-0.2, 0) is 27.3 Å². The van der Waals surface area contributed by atoms with Crippen molar-refractivity contribution >= 4 is 23.2 Å². The van der Waals surface area contributed by atoms with Gasteiger partial charge in [0.25, 0.3) is 0 Å². The van der Waals surface area contributed by atoms with Crippen LogP contribution in [0, 0.1) is 6.92 Å². The first-order valence-corrected chi connectivity index (χ1v) is 15.1. The fraction of sp³-hybridized carbons (Fsp3) is 0.613. The van der Waals surface area contributed by atoms with Gasteiger partial charge >= 0.3 is 0 Å². The molecule has 8 heteroatoms. The van der Waals surface area contributed by atoms with Gasteiger partial charge in [0, 0.05) is 42.5 Å². The lowest BCUT2D eigenvalue weighted by molar-refractivity contribution is -0.141. The molecule has 0 saturated carbocycles. The van der Waals surface area contributed by atoms with Crippen LogP contribution in [0.1, 0.15) is 74.1 Å². The maximum absolute atomic E-state index is 13.7. The molecule has 1 aromatic carbocycles. The van der Waals surface area contributed by atoms with Crippen LogP contribution in [0.2, 0.25) is 0 Å². The highest BCUT2D eigenvalue weighted by Gasteiger charge is 2.22. The fourth-order valence-corrected chi connectivity index (χ4v) is 5.35. The number of amides is 2. The summed E-state index contributed by atoms with van der Waals surface area (Å²) in [6, 6.07) is 10.0. The van der Waals surface area contributed by atoms with Gasteiger partial charge in [0.05, 0.1) is 27.3 Å². The van der Waals surface area contributed by atoms with Gasteiger partial charge < -0.3 is 24.0 Å². The Bertz CT molecular complexity index is 993. The molecule has 0 atom stereocenters. The summed E-state index contributed by atoms with van der Waals surface area (Å²) in [5.41, 5.74) is 1.06. The van der Waals surface area contributed by atoms with E-state index in [9.17, 15) is 9.59 Å². The Kier molecular flexibility index (Phi) is 15.6. The number of nitrogens with zero attached hydrogens (tertiary/aromatic N) is 2. The maximum atomic E-state index is 13.7. The fourth-order valence-electron chi connectivity index (χ4n) is 4.45. The number of hydrogen-bond donors (Lipinski definition) is 0. The summed E-state index contributed by atoms with van der Waals surface area (Å²) in [6.45, 7) is 9.15. The Hall–Kier alpha value is -2.58. The Labute approximate surface area is 239 Å². The number of carbonyl (C=O) groups is 2. The van der Waals surface area contributed by atoms with E-state index >= 15 is 0 Å². The summed E-state index contributed by atoms with van der Waals surface area (Å²) in [5, 5.41) is 0. The molecule has 0 bridgehead atoms. The Morgan fingerprint density at radius 2 is 1.62 bits per heavy atom. The molecule has 1 heterocycles. The number of ether oxygens (including phenoxy) is 3. The van der Waals surface area contributed by atoms with Crippen LogP contribution in [0.3, 0.4) is 0 Å². The molecule has 218 valence electrons. The molecule has 2 amide bonds. The minimum absolute atomic E-state index is 0.0303. The molecule has 1 aromatic heterocycles. The standard InChI is InChI=1S/C31H48N2O5S/c1-6-8-9-10-11-13-30(34)32(19-12-21-38-7-2)24-31(35)33(23-27-16-14-25(3)39-27)20-18-26-15-17-28(36-4)29(22-26)37-5/h14-17,22H,6-13,18-21,23-24H2,1-5H3. The molecule has 0 aliphatic carbocycles. The molecular weight excluding hydrogens is 512 g/mol. The van der Waals surface area contributed by atoms with E-state index in [2.05, 4.69) is 26.0 Å². The molecule has 0 saturated heterocycles. The molecule has 2 aromatic rings. The van der Waals surface area contributed by atoms with E-state index in [-0.39, 0.29) is 18.4 Å². The third-order valence-electron chi connectivity index (χ3n) is 6.71. The molecule has 7 nitrogen and oxygen atoms in total. The Morgan fingerprint density at radius 1 is 0.846 bits per heavy atom. The summed E-state index contributed by atoms with van der Waals surface area (Å²) >= 11 is 1.70. The predicted octanol–water partition coefficient (Wildman–Crippen LogP) is 6.26. The molecule has 2 rings (SSSR count). The lowest BCUT2D eigenvalue weighted by atomic mass is 10.1. The second-order valence-electron chi connectivity index (χ2n) is 9.80. The topological polar surface area (TPSA) is 68.3 Å². The molecule has 39 heavy (non-hydrogen) atoms. The average Bonchev–Trinajstić information content (AvgIpc) is 3.36. The van der Waals surface area contributed by atoms with Gasteiger partial charge in [-0.1, -0.05) is 38.7 Å². The predicted molar refractivity (Wildman–Crippen MR) is 159 cm³/mol. The molecule has 0 unspecified atom stereocenters. The molecule has 0 spiro atoms. The Morgan fingerprint density at radius 3 is 2.28 bits per heavy atom. The van der Waals surface area contributed by atoms with E-state index in [1.807, 2.05) is 30.0 Å². The van der Waals surface area contributed by atoms with Crippen molar-refractivity contribution in [3.8, 4) is 11.5 Å². The van der Waals surface area contributed by atoms with Crippen LogP contribution < -0.4 is 9.47 Å². The first kappa shape index (κ1) is 32.6. The monoisotopic (exact) mass is 560 g/mol. The normalized spacial score (nSPS) is 10.9. The van der Waals surface area contributed by atoms with E-state index in [4.69, 9.17) is 14.2 Å². The van der Waals surface area contributed by atoms with Crippen LogP contribution in [0.15, 0.2) is 30.3 Å². The number of benzene rings is 1. The first-order chi connectivity index (χ1) is 18.9. The van der Waals surface area contributed by atoms with E-state index in [0.717, 1.165) is 36.1 Å². The number of rotatable bonds is 20. The second kappa shape index (κ2) is 18.7. The highest BCUT2D eigenvalue weighted by Crippen LogP contribution is 2.28. The van der Waals surface area contributed by atoms with Crippen molar-refractivity contribution < 1.29 is 23.8 Å². The first-order valence-electron chi connectivity index (χ1n) is 14.3. The van der Waals surface area contributed by atoms with Crippen molar-refractivity contribution in [1.29, 1.82) is 0 Å². The highest BCUT2D eigenvalue weighted by molar-refractivity contribution is 7.11. The van der Waals surface area contributed by atoms with E-state index in [0.29, 0.717) is 57.2 Å². The lowest BCUT2D eigenvalue weighted by Gasteiger charge is -2.28. The zero-order valence-electron chi connectivity index (χ0n) is 24.6.